The van der Waals surface area contributed by atoms with Crippen LogP contribution in [-0.2, 0) is 71.4 Å². The number of ether oxygens (including phenoxy) is 9. The van der Waals surface area contributed by atoms with Gasteiger partial charge in [0, 0.05) is 46.2 Å². The van der Waals surface area contributed by atoms with Crippen molar-refractivity contribution in [3.63, 3.8) is 0 Å². The van der Waals surface area contributed by atoms with Crippen LogP contribution in [0.15, 0.2) is 49.1 Å². The van der Waals surface area contributed by atoms with Crippen LogP contribution in [-0.4, -0.2) is 115 Å². The minimum atomic E-state index is -1.55. The molecule has 0 aliphatic carbocycles. The van der Waals surface area contributed by atoms with Crippen molar-refractivity contribution >= 4 is 53.7 Å². The molecule has 0 spiro atoms. The molecular weight excluding hydrogens is 838 g/mol. The van der Waals surface area contributed by atoms with Gasteiger partial charge in [0.2, 0.25) is 12.2 Å². The molecule has 2 aromatic rings. The van der Waals surface area contributed by atoms with Crippen molar-refractivity contribution in [3.8, 4) is 0 Å². The average molecular weight is 890 g/mol. The van der Waals surface area contributed by atoms with Gasteiger partial charge in [0.15, 0.2) is 37.0 Å². The van der Waals surface area contributed by atoms with Gasteiger partial charge in [-0.05, 0) is 39.3 Å². The van der Waals surface area contributed by atoms with E-state index >= 15 is 0 Å². The number of carbonyl (C=O) groups excluding carboxylic acids is 9. The molecule has 5 N–H and O–H groups in total. The van der Waals surface area contributed by atoms with Crippen LogP contribution in [0, 0.1) is 0 Å². The van der Waals surface area contributed by atoms with Gasteiger partial charge in [0.25, 0.3) is 11.8 Å². The average Bonchev–Trinajstić information content (AvgIpc) is 3.68. The van der Waals surface area contributed by atoms with Gasteiger partial charge in [0.1, 0.15) is 48.2 Å². The van der Waals surface area contributed by atoms with E-state index in [-0.39, 0.29) is 11.1 Å². The van der Waals surface area contributed by atoms with Crippen molar-refractivity contribution in [3.05, 3.63) is 60.2 Å². The number of rotatable bonds is 17. The molecule has 4 rings (SSSR count). The third-order valence-electron chi connectivity index (χ3n) is 8.99. The Labute approximate surface area is 360 Å². The maximum absolute atomic E-state index is 13.7. The summed E-state index contributed by atoms with van der Waals surface area (Å²) in [5.41, 5.74) is 10.0. The Hall–Kier alpha value is -6.75. The fourth-order valence-corrected chi connectivity index (χ4v) is 6.53. The maximum atomic E-state index is 13.7. The molecule has 0 bridgehead atoms. The number of carbonyl (C=O) groups is 9. The number of hydrogen-bond donors (Lipinski definition) is 3. The van der Waals surface area contributed by atoms with Crippen LogP contribution in [0.5, 0.6) is 0 Å². The highest BCUT2D eigenvalue weighted by molar-refractivity contribution is 5.92. The van der Waals surface area contributed by atoms with E-state index in [0.717, 1.165) is 27.7 Å². The van der Waals surface area contributed by atoms with E-state index in [4.69, 9.17) is 54.1 Å². The third-order valence-corrected chi connectivity index (χ3v) is 8.99. The molecule has 0 radical (unpaired) electrons. The van der Waals surface area contributed by atoms with Gasteiger partial charge in [-0.2, -0.15) is 9.13 Å². The quantitative estimate of drug-likeness (QED) is 0.102. The van der Waals surface area contributed by atoms with Gasteiger partial charge < -0.3 is 59.4 Å². The minimum Gasteiger partial charge on any atom is -0.463 e. The summed E-state index contributed by atoms with van der Waals surface area (Å²) < 4.78 is 53.0. The number of nitrogens with one attached hydrogen (secondary N) is 1. The molecule has 2 aromatic heterocycles. The second-order valence-corrected chi connectivity index (χ2v) is 15.3. The Morgan fingerprint density at radius 2 is 1.08 bits per heavy atom. The van der Waals surface area contributed by atoms with Crippen LogP contribution in [0.1, 0.15) is 94.5 Å². The summed E-state index contributed by atoms with van der Waals surface area (Å²) in [5, 5.41) is 2.37. The van der Waals surface area contributed by atoms with E-state index in [1.165, 1.54) is 58.2 Å². The molecule has 2 saturated heterocycles. The lowest BCUT2D eigenvalue weighted by molar-refractivity contribution is -0.765. The number of pyridine rings is 2. The standard InChI is InChI=1S/C40H49N5O18/c1-20(46)57-30-27(61-36(32(30)59-22(3)48)44-14-8-10-24(16-44)34(41)51)18-55-29(50)13-12-26(43-39(54)63-40(5,6)7)38(53)56-19-28-31(58-21(2)47)33(60-23(4)49)37(62-28)45-15-9-11-25(17-45)35(42)52/h8-11,14-17,26-28,30-33,36-37H,12-13,18-19H2,1-7H3,(H3-2,41,42,43,51,52,54)/p+2/t26?,27-,28-,30-,31-,32-,33-,36-,37-/m1/s1. The van der Waals surface area contributed by atoms with E-state index in [1.807, 2.05) is 0 Å². The molecule has 2 fully saturated rings. The van der Waals surface area contributed by atoms with Gasteiger partial charge >= 0.3 is 54.4 Å². The Balaban J connectivity index is 1.51. The lowest BCUT2D eigenvalue weighted by atomic mass is 10.1. The van der Waals surface area contributed by atoms with Gasteiger partial charge in [-0.15, -0.1) is 0 Å². The number of nitrogens with two attached hydrogens (primary N) is 2. The summed E-state index contributed by atoms with van der Waals surface area (Å²) in [6.07, 6.45) is -6.50. The lowest BCUT2D eigenvalue weighted by Gasteiger charge is -2.24. The van der Waals surface area contributed by atoms with Crippen LogP contribution in [0.2, 0.25) is 0 Å². The Kier molecular flexibility index (Phi) is 16.6. The van der Waals surface area contributed by atoms with Gasteiger partial charge in [-0.25, -0.2) is 9.59 Å². The molecule has 9 atom stereocenters. The fraction of sp³-hybridized carbons (Fsp3) is 0.525. The molecule has 2 aliphatic rings. The molecule has 342 valence electrons. The largest absolute Gasteiger partial charge is 0.463 e. The summed E-state index contributed by atoms with van der Waals surface area (Å²) in [5.74, 6) is -6.66. The molecule has 63 heavy (non-hydrogen) atoms. The summed E-state index contributed by atoms with van der Waals surface area (Å²) in [6.45, 7) is 7.97. The van der Waals surface area contributed by atoms with E-state index < -0.39 is 141 Å². The van der Waals surface area contributed by atoms with E-state index in [9.17, 15) is 43.2 Å². The molecular formula is C40H51N5O18+2. The molecule has 23 heteroatoms. The fourth-order valence-electron chi connectivity index (χ4n) is 6.53. The predicted molar refractivity (Wildman–Crippen MR) is 205 cm³/mol. The number of nitrogens with zero attached hydrogens (tertiary/aromatic N) is 2. The number of aromatic nitrogens is 2. The van der Waals surface area contributed by atoms with Crippen LogP contribution < -0.4 is 25.9 Å². The molecule has 0 aromatic carbocycles. The topological polar surface area (TPSA) is 309 Å². The zero-order valence-electron chi connectivity index (χ0n) is 35.5. The number of esters is 6. The maximum Gasteiger partial charge on any atom is 0.408 e. The van der Waals surface area contributed by atoms with Crippen molar-refractivity contribution in [1.82, 2.24) is 5.32 Å². The van der Waals surface area contributed by atoms with Crippen LogP contribution in [0.25, 0.3) is 0 Å². The second kappa shape index (κ2) is 21.4. The number of alkyl carbamates (subject to hydrolysis) is 1. The van der Waals surface area contributed by atoms with Gasteiger partial charge in [0.05, 0.1) is 0 Å². The normalized spacial score (nSPS) is 23.3. The number of primary amides is 2. The highest BCUT2D eigenvalue weighted by atomic mass is 16.7. The minimum absolute atomic E-state index is 0.0675. The summed E-state index contributed by atoms with van der Waals surface area (Å²) in [4.78, 5) is 112. The van der Waals surface area contributed by atoms with E-state index in [0.29, 0.717) is 0 Å². The molecule has 0 saturated carbocycles. The first kappa shape index (κ1) is 48.9. The summed E-state index contributed by atoms with van der Waals surface area (Å²) >= 11 is 0. The van der Waals surface area contributed by atoms with Crippen molar-refractivity contribution < 1.29 is 94.9 Å². The molecule has 3 amide bonds. The van der Waals surface area contributed by atoms with Gasteiger partial charge in [-0.1, -0.05) is 0 Å². The Morgan fingerprint density at radius 1 is 0.667 bits per heavy atom. The predicted octanol–water partition coefficient (Wildman–Crippen LogP) is -0.559. The first-order valence-electron chi connectivity index (χ1n) is 19.5. The van der Waals surface area contributed by atoms with Crippen LogP contribution in [0.4, 0.5) is 4.79 Å². The zero-order chi connectivity index (χ0) is 46.8. The molecule has 4 heterocycles. The van der Waals surface area contributed by atoms with Crippen LogP contribution >= 0.6 is 0 Å². The van der Waals surface area contributed by atoms with Gasteiger partial charge in [-0.3, -0.25) is 33.6 Å². The summed E-state index contributed by atoms with van der Waals surface area (Å²) in [6, 6.07) is 4.27. The molecule has 23 nitrogen and oxygen atoms in total. The first-order valence-corrected chi connectivity index (χ1v) is 19.5. The second-order valence-electron chi connectivity index (χ2n) is 15.3. The monoisotopic (exact) mass is 889 g/mol. The van der Waals surface area contributed by atoms with Crippen molar-refractivity contribution in [1.29, 1.82) is 0 Å². The van der Waals surface area contributed by atoms with Crippen molar-refractivity contribution in [2.24, 2.45) is 11.5 Å². The highest BCUT2D eigenvalue weighted by Crippen LogP contribution is 2.33. The zero-order valence-corrected chi connectivity index (χ0v) is 35.5. The van der Waals surface area contributed by atoms with Crippen LogP contribution in [0.3, 0.4) is 0 Å². The SMILES string of the molecule is CC(=O)O[C@@H]1[C@H](OC(C)=O)[C@@H](COC(=O)CCC(NC(=O)OC(C)(C)C)C(=O)OC[C@H]2O[C@@H]([n+]3cccc(C(N)=O)c3)[C@H](OC(C)=O)[C@@H]2OC(C)=O)O[C@H]1[n+]1cccc(C(N)=O)c1. The molecule has 1 unspecified atom stereocenters. The number of amides is 3. The lowest BCUT2D eigenvalue weighted by Crippen LogP contribution is -2.49. The summed E-state index contributed by atoms with van der Waals surface area (Å²) in [7, 11) is 0. The van der Waals surface area contributed by atoms with E-state index in [1.54, 1.807) is 20.8 Å². The van der Waals surface area contributed by atoms with E-state index in [2.05, 4.69) is 5.32 Å². The highest BCUT2D eigenvalue weighted by Gasteiger charge is 2.56. The third kappa shape index (κ3) is 14.1. The Morgan fingerprint density at radius 3 is 1.48 bits per heavy atom. The van der Waals surface area contributed by atoms with Crippen molar-refractivity contribution in [2.45, 2.75) is 122 Å². The Bertz CT molecular complexity index is 2070. The molecule has 2 aliphatic heterocycles. The van der Waals surface area contributed by atoms with Crippen molar-refractivity contribution in [2.75, 3.05) is 13.2 Å². The smallest absolute Gasteiger partial charge is 0.408 e. The first-order chi connectivity index (χ1) is 29.5. The number of hydrogen-bond acceptors (Lipinski definition) is 18.